The molecule has 5 heteroatoms. The van der Waals surface area contributed by atoms with Crippen molar-refractivity contribution in [2.45, 2.75) is 18.9 Å². The Morgan fingerprint density at radius 3 is 3.11 bits per heavy atom. The van der Waals surface area contributed by atoms with Crippen LogP contribution in [0.15, 0.2) is 24.3 Å². The van der Waals surface area contributed by atoms with Crippen molar-refractivity contribution in [2.24, 2.45) is 0 Å². The van der Waals surface area contributed by atoms with Gasteiger partial charge in [-0.25, -0.2) is 0 Å². The van der Waals surface area contributed by atoms with Crippen molar-refractivity contribution in [1.29, 1.82) is 0 Å². The van der Waals surface area contributed by atoms with Crippen molar-refractivity contribution in [3.8, 4) is 5.75 Å². The summed E-state index contributed by atoms with van der Waals surface area (Å²) in [4.78, 5) is 13.8. The van der Waals surface area contributed by atoms with Gasteiger partial charge >= 0.3 is 0 Å². The number of carbonyl (C=O) groups excluding carboxylic acids is 1. The molecule has 104 valence electrons. The standard InChI is InChI=1S/C14H19ClN2O2/c1-17(12-5-3-7-16-9-12)14(18)10-19-13-6-2-4-11(15)8-13/h2,4,6,8,12,16H,3,5,7,9-10H2,1H3. The van der Waals surface area contributed by atoms with E-state index in [-0.39, 0.29) is 18.6 Å². The number of carbonyl (C=O) groups is 1. The first kappa shape index (κ1) is 14.2. The Kier molecular flexibility index (Phi) is 5.05. The SMILES string of the molecule is CN(C(=O)COc1cccc(Cl)c1)C1CCCNC1. The van der Waals surface area contributed by atoms with Crippen molar-refractivity contribution in [2.75, 3.05) is 26.7 Å². The van der Waals surface area contributed by atoms with Crippen LogP contribution in [0.1, 0.15) is 12.8 Å². The zero-order valence-corrected chi connectivity index (χ0v) is 11.8. The van der Waals surface area contributed by atoms with Gasteiger partial charge in [-0.2, -0.15) is 0 Å². The summed E-state index contributed by atoms with van der Waals surface area (Å²) < 4.78 is 5.46. The Morgan fingerprint density at radius 2 is 2.42 bits per heavy atom. The molecule has 1 heterocycles. The first-order chi connectivity index (χ1) is 9.16. The molecular weight excluding hydrogens is 264 g/mol. The lowest BCUT2D eigenvalue weighted by molar-refractivity contribution is -0.134. The molecule has 1 atom stereocenters. The molecule has 2 rings (SSSR count). The van der Waals surface area contributed by atoms with Gasteiger partial charge in [0.1, 0.15) is 5.75 Å². The largest absolute Gasteiger partial charge is 0.484 e. The number of benzene rings is 1. The summed E-state index contributed by atoms with van der Waals surface area (Å²) in [7, 11) is 1.83. The van der Waals surface area contributed by atoms with Gasteiger partial charge in [0, 0.05) is 24.7 Å². The summed E-state index contributed by atoms with van der Waals surface area (Å²) in [5, 5.41) is 3.91. The lowest BCUT2D eigenvalue weighted by atomic mass is 10.1. The number of nitrogens with one attached hydrogen (secondary N) is 1. The molecule has 1 aromatic rings. The van der Waals surface area contributed by atoms with Gasteiger partial charge in [-0.3, -0.25) is 4.79 Å². The van der Waals surface area contributed by atoms with E-state index < -0.39 is 0 Å². The molecule has 0 aromatic heterocycles. The highest BCUT2D eigenvalue weighted by Gasteiger charge is 2.21. The highest BCUT2D eigenvalue weighted by molar-refractivity contribution is 6.30. The van der Waals surface area contributed by atoms with Gasteiger partial charge in [-0.15, -0.1) is 0 Å². The Bertz CT molecular complexity index is 433. The fourth-order valence-corrected chi connectivity index (χ4v) is 2.35. The van der Waals surface area contributed by atoms with Gasteiger partial charge in [-0.1, -0.05) is 17.7 Å². The van der Waals surface area contributed by atoms with E-state index in [0.717, 1.165) is 25.9 Å². The number of rotatable bonds is 4. The number of piperidine rings is 1. The zero-order chi connectivity index (χ0) is 13.7. The third kappa shape index (κ3) is 4.11. The van der Waals surface area contributed by atoms with Crippen molar-refractivity contribution in [3.05, 3.63) is 29.3 Å². The second kappa shape index (κ2) is 6.78. The van der Waals surface area contributed by atoms with Crippen LogP contribution in [-0.4, -0.2) is 43.6 Å². The minimum atomic E-state index is -0.00586. The molecule has 1 aliphatic rings. The van der Waals surface area contributed by atoms with E-state index in [4.69, 9.17) is 16.3 Å². The molecular formula is C14H19ClN2O2. The fraction of sp³-hybridized carbons (Fsp3) is 0.500. The highest BCUT2D eigenvalue weighted by Crippen LogP contribution is 2.17. The number of hydrogen-bond donors (Lipinski definition) is 1. The molecule has 1 saturated heterocycles. The molecule has 1 fully saturated rings. The normalized spacial score (nSPS) is 18.9. The maximum absolute atomic E-state index is 12.0. The Hall–Kier alpha value is -1.26. The smallest absolute Gasteiger partial charge is 0.260 e. The van der Waals surface area contributed by atoms with E-state index in [2.05, 4.69) is 5.32 Å². The van der Waals surface area contributed by atoms with E-state index >= 15 is 0 Å². The number of hydrogen-bond acceptors (Lipinski definition) is 3. The first-order valence-corrected chi connectivity index (χ1v) is 6.89. The van der Waals surface area contributed by atoms with Gasteiger partial charge in [-0.05, 0) is 37.6 Å². The van der Waals surface area contributed by atoms with E-state index in [1.165, 1.54) is 0 Å². The van der Waals surface area contributed by atoms with Crippen LogP contribution in [0.25, 0.3) is 0 Å². The monoisotopic (exact) mass is 282 g/mol. The van der Waals surface area contributed by atoms with Gasteiger partial charge < -0.3 is 15.0 Å². The first-order valence-electron chi connectivity index (χ1n) is 6.51. The van der Waals surface area contributed by atoms with Crippen LogP contribution >= 0.6 is 11.6 Å². The lowest BCUT2D eigenvalue weighted by Crippen LogP contribution is -2.48. The van der Waals surface area contributed by atoms with Crippen molar-refractivity contribution in [1.82, 2.24) is 10.2 Å². The Labute approximate surface area is 118 Å². The molecule has 1 aromatic carbocycles. The molecule has 1 aliphatic heterocycles. The summed E-state index contributed by atoms with van der Waals surface area (Å²) in [6.45, 7) is 1.95. The van der Waals surface area contributed by atoms with Crippen LogP contribution in [0, 0.1) is 0 Å². The molecule has 19 heavy (non-hydrogen) atoms. The maximum atomic E-state index is 12.0. The van der Waals surface area contributed by atoms with Crippen LogP contribution in [0.4, 0.5) is 0 Å². The van der Waals surface area contributed by atoms with Gasteiger partial charge in [0.15, 0.2) is 6.61 Å². The molecule has 1 amide bonds. The summed E-state index contributed by atoms with van der Waals surface area (Å²) >= 11 is 5.86. The summed E-state index contributed by atoms with van der Waals surface area (Å²) in [5.74, 6) is 0.615. The van der Waals surface area contributed by atoms with E-state index in [1.54, 1.807) is 29.2 Å². The number of likely N-dealkylation sites (N-methyl/N-ethyl adjacent to an activating group) is 1. The second-order valence-corrected chi connectivity index (χ2v) is 5.19. The minimum absolute atomic E-state index is 0.00586. The lowest BCUT2D eigenvalue weighted by Gasteiger charge is -2.31. The Morgan fingerprint density at radius 1 is 1.58 bits per heavy atom. The number of halogens is 1. The Balaban J connectivity index is 1.83. The molecule has 0 saturated carbocycles. The van der Waals surface area contributed by atoms with Crippen molar-refractivity contribution in [3.63, 3.8) is 0 Å². The maximum Gasteiger partial charge on any atom is 0.260 e. The summed E-state index contributed by atoms with van der Waals surface area (Å²) in [6.07, 6.45) is 2.16. The average molecular weight is 283 g/mol. The van der Waals surface area contributed by atoms with Gasteiger partial charge in [0.05, 0.1) is 0 Å². The molecule has 0 aliphatic carbocycles. The third-order valence-corrected chi connectivity index (χ3v) is 3.61. The molecule has 0 bridgehead atoms. The van der Waals surface area contributed by atoms with Crippen LogP contribution in [0.5, 0.6) is 5.75 Å². The zero-order valence-electron chi connectivity index (χ0n) is 11.1. The molecule has 0 radical (unpaired) electrons. The van der Waals surface area contributed by atoms with E-state index in [9.17, 15) is 4.79 Å². The quantitative estimate of drug-likeness (QED) is 0.917. The number of amides is 1. The fourth-order valence-electron chi connectivity index (χ4n) is 2.17. The van der Waals surface area contributed by atoms with E-state index in [0.29, 0.717) is 10.8 Å². The molecule has 1 unspecified atom stereocenters. The van der Waals surface area contributed by atoms with Crippen LogP contribution < -0.4 is 10.1 Å². The summed E-state index contributed by atoms with van der Waals surface area (Å²) in [5.41, 5.74) is 0. The highest BCUT2D eigenvalue weighted by atomic mass is 35.5. The second-order valence-electron chi connectivity index (χ2n) is 4.75. The predicted octanol–water partition coefficient (Wildman–Crippen LogP) is 1.93. The molecule has 4 nitrogen and oxygen atoms in total. The number of nitrogens with zero attached hydrogens (tertiary/aromatic N) is 1. The summed E-state index contributed by atoms with van der Waals surface area (Å²) in [6, 6.07) is 7.34. The van der Waals surface area contributed by atoms with Crippen LogP contribution in [0.2, 0.25) is 5.02 Å². The van der Waals surface area contributed by atoms with Crippen molar-refractivity contribution < 1.29 is 9.53 Å². The van der Waals surface area contributed by atoms with E-state index in [1.807, 2.05) is 7.05 Å². The van der Waals surface area contributed by atoms with Crippen LogP contribution in [0.3, 0.4) is 0 Å². The average Bonchev–Trinajstić information content (AvgIpc) is 2.45. The molecule has 1 N–H and O–H groups in total. The topological polar surface area (TPSA) is 41.6 Å². The van der Waals surface area contributed by atoms with Crippen molar-refractivity contribution >= 4 is 17.5 Å². The third-order valence-electron chi connectivity index (χ3n) is 3.37. The van der Waals surface area contributed by atoms with Gasteiger partial charge in [0.25, 0.3) is 5.91 Å². The number of ether oxygens (including phenoxy) is 1. The molecule has 0 spiro atoms. The predicted molar refractivity (Wildman–Crippen MR) is 75.6 cm³/mol. The van der Waals surface area contributed by atoms with Crippen LogP contribution in [-0.2, 0) is 4.79 Å². The minimum Gasteiger partial charge on any atom is -0.484 e. The van der Waals surface area contributed by atoms with Gasteiger partial charge in [0.2, 0.25) is 0 Å².